The van der Waals surface area contributed by atoms with Crippen LogP contribution in [0.25, 0.3) is 6.08 Å². The van der Waals surface area contributed by atoms with Gasteiger partial charge in [-0.05, 0) is 17.2 Å². The van der Waals surface area contributed by atoms with Crippen LogP contribution in [0.3, 0.4) is 0 Å². The van der Waals surface area contributed by atoms with Crippen LogP contribution in [0.1, 0.15) is 11.1 Å². The monoisotopic (exact) mass is 381 g/mol. The molecule has 3 nitrogen and oxygen atoms in total. The molecule has 1 N–H and O–H groups in total. The second kappa shape index (κ2) is 9.46. The molecule has 0 bridgehead atoms. The van der Waals surface area contributed by atoms with Gasteiger partial charge in [-0.3, -0.25) is 9.59 Å². The Bertz CT molecular complexity index is 822. The fourth-order valence-corrected chi connectivity index (χ4v) is 4.99. The zero-order chi connectivity index (χ0) is 18.2. The first-order valence-corrected chi connectivity index (χ1v) is 10.3. The van der Waals surface area contributed by atoms with Crippen molar-refractivity contribution in [3.63, 3.8) is 0 Å². The molecule has 0 unspecified atom stereocenters. The molecule has 0 spiro atoms. The van der Waals surface area contributed by atoms with E-state index in [1.54, 1.807) is 29.6 Å². The van der Waals surface area contributed by atoms with Gasteiger partial charge in [0.05, 0.1) is 4.24 Å². The molecule has 2 aromatic carbocycles. The van der Waals surface area contributed by atoms with Crippen molar-refractivity contribution < 1.29 is 9.59 Å². The Labute approximate surface area is 162 Å². The molecular formula is C21H19NO2S2. The molecule has 0 radical (unpaired) electrons. The zero-order valence-electron chi connectivity index (χ0n) is 14.2. The largest absolute Gasteiger partial charge is 0.348 e. The number of allylic oxidation sites excluding steroid dienone is 1. The fraction of sp³-hybridized carbons (Fsp3) is 0.143. The Hall–Kier alpha value is -2.24. The van der Waals surface area contributed by atoms with Crippen molar-refractivity contribution in [2.24, 2.45) is 0 Å². The highest BCUT2D eigenvalue weighted by Crippen LogP contribution is 2.39. The number of hydrogen-bond donors (Lipinski definition) is 1. The summed E-state index contributed by atoms with van der Waals surface area (Å²) in [6.07, 6.45) is 3.23. The molecule has 1 saturated heterocycles. The topological polar surface area (TPSA) is 46.2 Å². The van der Waals surface area contributed by atoms with Gasteiger partial charge in [0.1, 0.15) is 5.57 Å². The normalized spacial score (nSPS) is 13.8. The molecule has 5 heteroatoms. The van der Waals surface area contributed by atoms with Crippen molar-refractivity contribution in [1.82, 2.24) is 5.32 Å². The Morgan fingerprint density at radius 1 is 0.923 bits per heavy atom. The third-order valence-corrected chi connectivity index (χ3v) is 6.46. The van der Waals surface area contributed by atoms with E-state index < -0.39 is 0 Å². The Morgan fingerprint density at radius 3 is 2.19 bits per heavy atom. The number of carbonyl (C=O) groups excluding carboxylic acids is 2. The number of ketones is 1. The van der Waals surface area contributed by atoms with Crippen LogP contribution < -0.4 is 5.32 Å². The van der Waals surface area contributed by atoms with E-state index in [2.05, 4.69) is 5.32 Å². The van der Waals surface area contributed by atoms with E-state index in [0.29, 0.717) is 6.54 Å². The lowest BCUT2D eigenvalue weighted by Crippen LogP contribution is -2.28. The third kappa shape index (κ3) is 5.13. The molecule has 1 amide bonds. The summed E-state index contributed by atoms with van der Waals surface area (Å²) in [5.41, 5.74) is 2.19. The minimum Gasteiger partial charge on any atom is -0.348 e. The van der Waals surface area contributed by atoms with E-state index in [1.807, 2.05) is 60.7 Å². The fourth-order valence-electron chi connectivity index (χ4n) is 2.45. The first-order valence-electron chi connectivity index (χ1n) is 8.33. The summed E-state index contributed by atoms with van der Waals surface area (Å²) in [7, 11) is 0. The molecule has 2 aromatic rings. The highest BCUT2D eigenvalue weighted by Gasteiger charge is 2.24. The van der Waals surface area contributed by atoms with Crippen LogP contribution in [0.5, 0.6) is 0 Å². The molecule has 26 heavy (non-hydrogen) atoms. The molecule has 1 aliphatic heterocycles. The average Bonchev–Trinajstić information content (AvgIpc) is 3.21. The van der Waals surface area contributed by atoms with Gasteiger partial charge in [-0.15, -0.1) is 23.5 Å². The Morgan fingerprint density at radius 2 is 1.54 bits per heavy atom. The highest BCUT2D eigenvalue weighted by molar-refractivity contribution is 8.25. The SMILES string of the molecule is O=C(/C=C/c1ccccc1)C(C(=O)NCc1ccccc1)=C1SCCS1. The number of amides is 1. The van der Waals surface area contributed by atoms with Gasteiger partial charge in [-0.1, -0.05) is 66.7 Å². The van der Waals surface area contributed by atoms with Gasteiger partial charge in [0.2, 0.25) is 0 Å². The lowest BCUT2D eigenvalue weighted by molar-refractivity contribution is -0.121. The summed E-state index contributed by atoms with van der Waals surface area (Å²) >= 11 is 3.16. The molecule has 1 heterocycles. The molecule has 0 aromatic heterocycles. The number of nitrogens with one attached hydrogen (secondary N) is 1. The smallest absolute Gasteiger partial charge is 0.257 e. The standard InChI is InChI=1S/C21H19NO2S2/c23-18(12-11-16-7-3-1-4-8-16)19(21-25-13-14-26-21)20(24)22-15-17-9-5-2-6-10-17/h1-12H,13-15H2,(H,22,24)/b12-11+. The van der Waals surface area contributed by atoms with Gasteiger partial charge in [0.25, 0.3) is 5.91 Å². The van der Waals surface area contributed by atoms with Gasteiger partial charge in [0, 0.05) is 18.1 Å². The molecule has 0 saturated carbocycles. The molecular weight excluding hydrogens is 362 g/mol. The minimum absolute atomic E-state index is 0.251. The van der Waals surface area contributed by atoms with Crippen LogP contribution in [0.4, 0.5) is 0 Å². The molecule has 0 atom stereocenters. The number of thioether (sulfide) groups is 2. The maximum absolute atomic E-state index is 12.7. The molecule has 3 rings (SSSR count). The molecule has 1 aliphatic rings. The van der Waals surface area contributed by atoms with Crippen molar-refractivity contribution >= 4 is 41.3 Å². The lowest BCUT2D eigenvalue weighted by Gasteiger charge is -2.09. The van der Waals surface area contributed by atoms with Gasteiger partial charge in [-0.2, -0.15) is 0 Å². The van der Waals surface area contributed by atoms with Crippen LogP contribution in [0, 0.1) is 0 Å². The number of benzene rings is 2. The van der Waals surface area contributed by atoms with Crippen molar-refractivity contribution in [1.29, 1.82) is 0 Å². The highest BCUT2D eigenvalue weighted by atomic mass is 32.2. The Balaban J connectivity index is 1.75. The zero-order valence-corrected chi connectivity index (χ0v) is 15.8. The van der Waals surface area contributed by atoms with E-state index in [1.165, 1.54) is 6.08 Å². The van der Waals surface area contributed by atoms with Crippen LogP contribution in [-0.4, -0.2) is 23.2 Å². The maximum atomic E-state index is 12.7. The van der Waals surface area contributed by atoms with E-state index in [-0.39, 0.29) is 17.3 Å². The van der Waals surface area contributed by atoms with E-state index >= 15 is 0 Å². The second-order valence-corrected chi connectivity index (χ2v) is 8.10. The minimum atomic E-state index is -0.312. The van der Waals surface area contributed by atoms with Crippen LogP contribution in [0.15, 0.2) is 76.5 Å². The summed E-state index contributed by atoms with van der Waals surface area (Å²) in [6.45, 7) is 0.404. The summed E-state index contributed by atoms with van der Waals surface area (Å²) in [4.78, 5) is 25.4. The number of rotatable bonds is 6. The van der Waals surface area contributed by atoms with Crippen molar-refractivity contribution in [2.45, 2.75) is 6.54 Å². The van der Waals surface area contributed by atoms with Crippen molar-refractivity contribution in [3.8, 4) is 0 Å². The summed E-state index contributed by atoms with van der Waals surface area (Å²) in [5, 5.41) is 2.88. The lowest BCUT2D eigenvalue weighted by atomic mass is 10.1. The predicted octanol–water partition coefficient (Wildman–Crippen LogP) is 4.28. The summed E-state index contributed by atoms with van der Waals surface area (Å²) in [5.74, 6) is 1.28. The Kier molecular flexibility index (Phi) is 6.75. The van der Waals surface area contributed by atoms with Crippen molar-refractivity contribution in [3.05, 3.63) is 87.7 Å². The average molecular weight is 382 g/mol. The van der Waals surface area contributed by atoms with E-state index in [0.717, 1.165) is 26.9 Å². The predicted molar refractivity (Wildman–Crippen MR) is 111 cm³/mol. The van der Waals surface area contributed by atoms with Gasteiger partial charge < -0.3 is 5.32 Å². The van der Waals surface area contributed by atoms with E-state index in [9.17, 15) is 9.59 Å². The molecule has 0 aliphatic carbocycles. The van der Waals surface area contributed by atoms with Crippen LogP contribution >= 0.6 is 23.5 Å². The van der Waals surface area contributed by atoms with Crippen molar-refractivity contribution in [2.75, 3.05) is 11.5 Å². The van der Waals surface area contributed by atoms with Gasteiger partial charge in [0.15, 0.2) is 5.78 Å². The maximum Gasteiger partial charge on any atom is 0.257 e. The molecule has 1 fully saturated rings. The van der Waals surface area contributed by atoms with Gasteiger partial charge in [-0.25, -0.2) is 0 Å². The van der Waals surface area contributed by atoms with Gasteiger partial charge >= 0.3 is 0 Å². The summed E-state index contributed by atoms with van der Waals surface area (Å²) < 4.78 is 0.818. The first-order chi connectivity index (χ1) is 12.7. The van der Waals surface area contributed by atoms with Crippen LogP contribution in [-0.2, 0) is 16.1 Å². The first kappa shape index (κ1) is 18.5. The number of carbonyl (C=O) groups is 2. The molecule has 132 valence electrons. The van der Waals surface area contributed by atoms with Crippen LogP contribution in [0.2, 0.25) is 0 Å². The van der Waals surface area contributed by atoms with E-state index in [4.69, 9.17) is 0 Å². The quantitative estimate of drug-likeness (QED) is 0.461. The third-order valence-electron chi connectivity index (χ3n) is 3.75. The number of hydrogen-bond acceptors (Lipinski definition) is 4. The summed E-state index contributed by atoms with van der Waals surface area (Å²) in [6, 6.07) is 19.3. The second-order valence-electron chi connectivity index (χ2n) is 5.64.